The van der Waals surface area contributed by atoms with E-state index in [4.69, 9.17) is 5.11 Å². The second kappa shape index (κ2) is 5.88. The van der Waals surface area contributed by atoms with Crippen LogP contribution >= 0.6 is 15.9 Å². The minimum atomic E-state index is -4.79. The number of rotatable bonds is 4. The van der Waals surface area contributed by atoms with E-state index >= 15 is 0 Å². The Bertz CT molecular complexity index is 668. The number of carboxylic acids is 1. The van der Waals surface area contributed by atoms with Gasteiger partial charge in [-0.3, -0.25) is 4.68 Å². The molecule has 0 aliphatic carbocycles. The summed E-state index contributed by atoms with van der Waals surface area (Å²) in [5.74, 6) is -1.64. The highest BCUT2D eigenvalue weighted by Gasteiger charge is 2.39. The largest absolute Gasteiger partial charge is 0.478 e. The number of carbonyl (C=O) groups is 1. The van der Waals surface area contributed by atoms with Gasteiger partial charge in [-0.1, -0.05) is 34.1 Å². The summed E-state index contributed by atoms with van der Waals surface area (Å²) in [4.78, 5) is 10.8. The molecule has 8 heteroatoms. The van der Waals surface area contributed by atoms with Gasteiger partial charge in [0.2, 0.25) is 0 Å². The van der Waals surface area contributed by atoms with Gasteiger partial charge in [-0.15, -0.1) is 0 Å². The van der Waals surface area contributed by atoms with Crippen LogP contribution in [-0.4, -0.2) is 20.9 Å². The topological polar surface area (TPSA) is 55.1 Å². The molecule has 0 saturated heterocycles. The Kier molecular flexibility index (Phi) is 4.36. The van der Waals surface area contributed by atoms with Crippen LogP contribution in [0.4, 0.5) is 13.2 Å². The van der Waals surface area contributed by atoms with Gasteiger partial charge < -0.3 is 5.11 Å². The number of benzene rings is 1. The molecule has 2 rings (SSSR count). The van der Waals surface area contributed by atoms with Crippen LogP contribution < -0.4 is 0 Å². The molecule has 1 aromatic heterocycles. The van der Waals surface area contributed by atoms with Gasteiger partial charge in [-0.2, -0.15) is 18.3 Å². The van der Waals surface area contributed by atoms with E-state index < -0.39 is 23.4 Å². The number of aryl methyl sites for hydroxylation is 2. The molecule has 0 aliphatic rings. The summed E-state index contributed by atoms with van der Waals surface area (Å²) in [6.07, 6.45) is -3.45. The van der Waals surface area contributed by atoms with Gasteiger partial charge in [0.1, 0.15) is 5.56 Å². The third-order valence-corrected chi connectivity index (χ3v) is 3.60. The number of aromatic carboxylic acids is 1. The van der Waals surface area contributed by atoms with Gasteiger partial charge in [0.25, 0.3) is 0 Å². The van der Waals surface area contributed by atoms with Gasteiger partial charge in [0.15, 0.2) is 5.69 Å². The van der Waals surface area contributed by atoms with Gasteiger partial charge in [0.05, 0.1) is 0 Å². The first-order valence-electron chi connectivity index (χ1n) is 5.90. The number of carboxylic acid groups (broad SMARTS) is 1. The minimum Gasteiger partial charge on any atom is -0.478 e. The normalized spacial score (nSPS) is 11.6. The lowest BCUT2D eigenvalue weighted by molar-refractivity contribution is -0.142. The molecule has 0 spiro atoms. The Balaban J connectivity index is 2.22. The fourth-order valence-electron chi connectivity index (χ4n) is 1.84. The zero-order valence-electron chi connectivity index (χ0n) is 10.6. The summed E-state index contributed by atoms with van der Waals surface area (Å²) in [6, 6.07) is 7.29. The van der Waals surface area contributed by atoms with Crippen molar-refractivity contribution in [2.24, 2.45) is 0 Å². The van der Waals surface area contributed by atoms with E-state index in [-0.39, 0.29) is 6.54 Å². The van der Waals surface area contributed by atoms with Crippen LogP contribution in [0, 0.1) is 0 Å². The van der Waals surface area contributed by atoms with E-state index in [0.717, 1.165) is 20.9 Å². The van der Waals surface area contributed by atoms with Crippen LogP contribution in [0.5, 0.6) is 0 Å². The molecule has 0 saturated carbocycles. The summed E-state index contributed by atoms with van der Waals surface area (Å²) in [6.45, 7) is 0.152. The van der Waals surface area contributed by atoms with Gasteiger partial charge >= 0.3 is 12.1 Å². The molecule has 1 aromatic carbocycles. The summed E-state index contributed by atoms with van der Waals surface area (Å²) in [7, 11) is 0. The number of aromatic nitrogens is 2. The highest BCUT2D eigenvalue weighted by atomic mass is 79.9. The van der Waals surface area contributed by atoms with E-state index in [1.165, 1.54) is 0 Å². The minimum absolute atomic E-state index is 0.152. The molecular weight excluding hydrogens is 353 g/mol. The Morgan fingerprint density at radius 1 is 1.33 bits per heavy atom. The number of halogens is 4. The zero-order valence-corrected chi connectivity index (χ0v) is 12.1. The van der Waals surface area contributed by atoms with Crippen molar-refractivity contribution in [1.82, 2.24) is 9.78 Å². The van der Waals surface area contributed by atoms with E-state index in [2.05, 4.69) is 21.0 Å². The Hall–Kier alpha value is -1.83. The smallest absolute Gasteiger partial charge is 0.436 e. The Morgan fingerprint density at radius 2 is 2.00 bits per heavy atom. The molecule has 1 heterocycles. The van der Waals surface area contributed by atoms with Crippen LogP contribution in [0.25, 0.3) is 0 Å². The lowest BCUT2D eigenvalue weighted by atomic mass is 10.1. The molecule has 0 unspecified atom stereocenters. The van der Waals surface area contributed by atoms with Crippen LogP contribution in [-0.2, 0) is 19.1 Å². The van der Waals surface area contributed by atoms with Crippen molar-refractivity contribution in [1.29, 1.82) is 0 Å². The molecule has 2 aromatic rings. The maximum atomic E-state index is 12.7. The molecule has 0 aliphatic heterocycles. The second-order valence-electron chi connectivity index (χ2n) is 4.30. The molecule has 0 bridgehead atoms. The van der Waals surface area contributed by atoms with Crippen molar-refractivity contribution in [2.45, 2.75) is 19.1 Å². The van der Waals surface area contributed by atoms with Gasteiger partial charge in [-0.05, 0) is 18.1 Å². The van der Waals surface area contributed by atoms with Crippen LogP contribution in [0.2, 0.25) is 0 Å². The second-order valence-corrected chi connectivity index (χ2v) is 5.15. The predicted molar refractivity (Wildman–Crippen MR) is 72.0 cm³/mol. The lowest BCUT2D eigenvalue weighted by Crippen LogP contribution is -2.12. The first kappa shape index (κ1) is 15.6. The lowest BCUT2D eigenvalue weighted by Gasteiger charge is -2.05. The maximum absolute atomic E-state index is 12.7. The third kappa shape index (κ3) is 3.63. The monoisotopic (exact) mass is 362 g/mol. The third-order valence-electron chi connectivity index (χ3n) is 2.83. The highest BCUT2D eigenvalue weighted by Crippen LogP contribution is 2.30. The van der Waals surface area contributed by atoms with E-state index in [0.29, 0.717) is 6.42 Å². The first-order valence-corrected chi connectivity index (χ1v) is 6.69. The van der Waals surface area contributed by atoms with Crippen molar-refractivity contribution >= 4 is 21.9 Å². The van der Waals surface area contributed by atoms with Crippen molar-refractivity contribution in [2.75, 3.05) is 0 Å². The number of hydrogen-bond donors (Lipinski definition) is 1. The van der Waals surface area contributed by atoms with Crippen LogP contribution in [0.3, 0.4) is 0 Å². The zero-order chi connectivity index (χ0) is 15.6. The summed E-state index contributed by atoms with van der Waals surface area (Å²) >= 11 is 3.34. The molecule has 0 amide bonds. The van der Waals surface area contributed by atoms with Crippen molar-refractivity contribution < 1.29 is 23.1 Å². The fourth-order valence-corrected chi connectivity index (χ4v) is 2.32. The first-order chi connectivity index (χ1) is 9.79. The van der Waals surface area contributed by atoms with Crippen molar-refractivity contribution in [3.8, 4) is 0 Å². The molecule has 0 radical (unpaired) electrons. The van der Waals surface area contributed by atoms with Gasteiger partial charge in [-0.25, -0.2) is 4.79 Å². The standard InChI is InChI=1S/C13H10BrF3N2O2/c14-10-4-2-1-3-8(10)5-6-19-7-9(12(20)21)11(18-19)13(15,16)17/h1-4,7H,5-6H2,(H,20,21). The average Bonchev–Trinajstić information content (AvgIpc) is 2.82. The van der Waals surface area contributed by atoms with Crippen molar-refractivity contribution in [3.63, 3.8) is 0 Å². The summed E-state index contributed by atoms with van der Waals surface area (Å²) in [5.41, 5.74) is -1.31. The number of alkyl halides is 3. The number of nitrogens with zero attached hydrogens (tertiary/aromatic N) is 2. The maximum Gasteiger partial charge on any atom is 0.436 e. The quantitative estimate of drug-likeness (QED) is 0.903. The Morgan fingerprint density at radius 3 is 2.52 bits per heavy atom. The van der Waals surface area contributed by atoms with Crippen molar-refractivity contribution in [3.05, 3.63) is 51.8 Å². The average molecular weight is 363 g/mol. The van der Waals surface area contributed by atoms with E-state index in [9.17, 15) is 18.0 Å². The fraction of sp³-hybridized carbons (Fsp3) is 0.231. The molecule has 4 nitrogen and oxygen atoms in total. The predicted octanol–water partition coefficient (Wildman–Crippen LogP) is 3.61. The van der Waals surface area contributed by atoms with E-state index in [1.54, 1.807) is 0 Å². The molecule has 112 valence electrons. The SMILES string of the molecule is O=C(O)c1cn(CCc2ccccc2Br)nc1C(F)(F)F. The van der Waals surface area contributed by atoms with Gasteiger partial charge in [0, 0.05) is 17.2 Å². The summed E-state index contributed by atoms with van der Waals surface area (Å²) in [5, 5.41) is 12.2. The highest BCUT2D eigenvalue weighted by molar-refractivity contribution is 9.10. The molecular formula is C13H10BrF3N2O2. The Labute approximate surface area is 126 Å². The van der Waals surface area contributed by atoms with E-state index in [1.807, 2.05) is 24.3 Å². The summed E-state index contributed by atoms with van der Waals surface area (Å²) < 4.78 is 40.0. The molecule has 21 heavy (non-hydrogen) atoms. The molecule has 0 atom stereocenters. The van der Waals surface area contributed by atoms with Crippen LogP contribution in [0.15, 0.2) is 34.9 Å². The van der Waals surface area contributed by atoms with Crippen LogP contribution in [0.1, 0.15) is 21.6 Å². The number of hydrogen-bond acceptors (Lipinski definition) is 2. The molecule has 0 fully saturated rings. The molecule has 1 N–H and O–H groups in total.